The van der Waals surface area contributed by atoms with Gasteiger partial charge in [0.1, 0.15) is 11.3 Å². The van der Waals surface area contributed by atoms with Crippen molar-refractivity contribution in [3.8, 4) is 28.7 Å². The Hall–Kier alpha value is -4.11. The van der Waals surface area contributed by atoms with Gasteiger partial charge in [0, 0.05) is 11.1 Å². The molecule has 0 radical (unpaired) electrons. The van der Waals surface area contributed by atoms with Gasteiger partial charge in [0.25, 0.3) is 5.91 Å². The molecule has 8 nitrogen and oxygen atoms in total. The van der Waals surface area contributed by atoms with Crippen molar-refractivity contribution in [1.82, 2.24) is 10.3 Å². The molecule has 0 aliphatic carbocycles. The standard InChI is InChI=1S/C27H27N3O5S/c1-15(2)16-6-10-22-20(12-16)28-26(35-22)18-8-9-21(32-3)19(13-18)29-27(36)30-25(31)17-7-11-23(33-4)24(14-17)34-5/h6-15H,1-5H3,(H2,29,30,31,36). The Morgan fingerprint density at radius 3 is 2.33 bits per heavy atom. The summed E-state index contributed by atoms with van der Waals surface area (Å²) in [6.07, 6.45) is 0. The average Bonchev–Trinajstić information content (AvgIpc) is 3.31. The largest absolute Gasteiger partial charge is 0.495 e. The molecule has 0 atom stereocenters. The summed E-state index contributed by atoms with van der Waals surface area (Å²) >= 11 is 5.39. The average molecular weight is 506 g/mol. The Morgan fingerprint density at radius 2 is 1.64 bits per heavy atom. The van der Waals surface area contributed by atoms with E-state index in [2.05, 4.69) is 29.5 Å². The van der Waals surface area contributed by atoms with Crippen LogP contribution in [0.25, 0.3) is 22.6 Å². The smallest absolute Gasteiger partial charge is 0.257 e. The molecule has 2 N–H and O–H groups in total. The monoisotopic (exact) mass is 505 g/mol. The number of nitrogens with zero attached hydrogens (tertiary/aromatic N) is 1. The first-order valence-corrected chi connectivity index (χ1v) is 11.7. The number of hydrogen-bond donors (Lipinski definition) is 2. The van der Waals surface area contributed by atoms with Crippen LogP contribution < -0.4 is 24.8 Å². The van der Waals surface area contributed by atoms with Gasteiger partial charge in [-0.3, -0.25) is 10.1 Å². The number of rotatable bonds is 7. The molecule has 186 valence electrons. The van der Waals surface area contributed by atoms with Gasteiger partial charge in [-0.05, 0) is 72.2 Å². The molecule has 0 saturated carbocycles. The van der Waals surface area contributed by atoms with Crippen molar-refractivity contribution in [2.75, 3.05) is 26.6 Å². The van der Waals surface area contributed by atoms with Crippen LogP contribution in [0, 0.1) is 0 Å². The normalized spacial score (nSPS) is 10.8. The van der Waals surface area contributed by atoms with Crippen LogP contribution in [0.5, 0.6) is 17.2 Å². The summed E-state index contributed by atoms with van der Waals surface area (Å²) in [5, 5.41) is 5.80. The summed E-state index contributed by atoms with van der Waals surface area (Å²) in [7, 11) is 4.59. The number of oxazole rings is 1. The van der Waals surface area contributed by atoms with Crippen molar-refractivity contribution >= 4 is 40.0 Å². The number of methoxy groups -OCH3 is 3. The molecule has 36 heavy (non-hydrogen) atoms. The van der Waals surface area contributed by atoms with Gasteiger partial charge in [0.15, 0.2) is 22.2 Å². The maximum absolute atomic E-state index is 12.7. The Kier molecular flexibility index (Phi) is 7.40. The molecule has 0 spiro atoms. The number of fused-ring (bicyclic) bond motifs is 1. The minimum absolute atomic E-state index is 0.101. The molecule has 0 aliphatic heterocycles. The lowest BCUT2D eigenvalue weighted by Gasteiger charge is -2.14. The Labute approximate surface area is 214 Å². The molecular formula is C27H27N3O5S. The first kappa shape index (κ1) is 25.0. The molecule has 3 aromatic carbocycles. The van der Waals surface area contributed by atoms with Gasteiger partial charge in [-0.25, -0.2) is 4.98 Å². The van der Waals surface area contributed by atoms with Crippen LogP contribution in [0.3, 0.4) is 0 Å². The maximum Gasteiger partial charge on any atom is 0.257 e. The van der Waals surface area contributed by atoms with E-state index in [-0.39, 0.29) is 5.11 Å². The lowest BCUT2D eigenvalue weighted by Crippen LogP contribution is -2.34. The predicted molar refractivity (Wildman–Crippen MR) is 143 cm³/mol. The number of thiocarbonyl (C=S) groups is 1. The van der Waals surface area contributed by atoms with E-state index in [1.54, 1.807) is 31.4 Å². The molecule has 0 unspecified atom stereocenters. The van der Waals surface area contributed by atoms with Crippen LogP contribution in [0.15, 0.2) is 59.0 Å². The third-order valence-electron chi connectivity index (χ3n) is 5.65. The van der Waals surface area contributed by atoms with Gasteiger partial charge < -0.3 is 23.9 Å². The molecule has 4 rings (SSSR count). The fraction of sp³-hybridized carbons (Fsp3) is 0.222. The van der Waals surface area contributed by atoms with E-state index < -0.39 is 5.91 Å². The van der Waals surface area contributed by atoms with Gasteiger partial charge in [-0.1, -0.05) is 19.9 Å². The molecule has 1 heterocycles. The number of carbonyl (C=O) groups excluding carboxylic acids is 1. The second kappa shape index (κ2) is 10.7. The van der Waals surface area contributed by atoms with Crippen LogP contribution in [0.4, 0.5) is 5.69 Å². The Balaban J connectivity index is 1.55. The maximum atomic E-state index is 12.7. The van der Waals surface area contributed by atoms with Crippen molar-refractivity contribution in [3.05, 3.63) is 65.7 Å². The number of carbonyl (C=O) groups is 1. The number of aromatic nitrogens is 1. The minimum Gasteiger partial charge on any atom is -0.495 e. The van der Waals surface area contributed by atoms with Crippen molar-refractivity contribution in [2.24, 2.45) is 0 Å². The van der Waals surface area contributed by atoms with Crippen molar-refractivity contribution in [1.29, 1.82) is 0 Å². The molecule has 1 amide bonds. The summed E-state index contributed by atoms with van der Waals surface area (Å²) < 4.78 is 21.9. The Bertz CT molecular complexity index is 1430. The zero-order chi connectivity index (χ0) is 25.8. The van der Waals surface area contributed by atoms with Crippen LogP contribution in [-0.4, -0.2) is 37.3 Å². The summed E-state index contributed by atoms with van der Waals surface area (Å²) in [6, 6.07) is 16.3. The highest BCUT2D eigenvalue weighted by Gasteiger charge is 2.16. The Morgan fingerprint density at radius 1 is 0.917 bits per heavy atom. The third-order valence-corrected chi connectivity index (χ3v) is 5.85. The zero-order valence-corrected chi connectivity index (χ0v) is 21.5. The third kappa shape index (κ3) is 5.26. The molecule has 0 fully saturated rings. The molecule has 1 aromatic heterocycles. The zero-order valence-electron chi connectivity index (χ0n) is 20.7. The molecule has 4 aromatic rings. The van der Waals surface area contributed by atoms with E-state index in [1.807, 2.05) is 30.3 Å². The SMILES string of the molecule is COc1ccc(-c2nc3cc(C(C)C)ccc3o2)cc1NC(=S)NC(=O)c1ccc(OC)c(OC)c1. The van der Waals surface area contributed by atoms with Crippen molar-refractivity contribution in [3.63, 3.8) is 0 Å². The lowest BCUT2D eigenvalue weighted by atomic mass is 10.0. The number of benzene rings is 3. The van der Waals surface area contributed by atoms with E-state index in [0.717, 1.165) is 11.1 Å². The first-order chi connectivity index (χ1) is 17.3. The van der Waals surface area contributed by atoms with Gasteiger partial charge in [0.05, 0.1) is 27.0 Å². The fourth-order valence-electron chi connectivity index (χ4n) is 3.67. The van der Waals surface area contributed by atoms with Gasteiger partial charge in [-0.2, -0.15) is 0 Å². The van der Waals surface area contributed by atoms with Gasteiger partial charge >= 0.3 is 0 Å². The molecule has 0 saturated heterocycles. The lowest BCUT2D eigenvalue weighted by molar-refractivity contribution is 0.0977. The summed E-state index contributed by atoms with van der Waals surface area (Å²) in [4.78, 5) is 17.4. The number of anilines is 1. The fourth-order valence-corrected chi connectivity index (χ4v) is 3.87. The highest BCUT2D eigenvalue weighted by Crippen LogP contribution is 2.33. The second-order valence-corrected chi connectivity index (χ2v) is 8.70. The van der Waals surface area contributed by atoms with Crippen LogP contribution in [0.1, 0.15) is 35.7 Å². The van der Waals surface area contributed by atoms with E-state index in [1.165, 1.54) is 19.8 Å². The van der Waals surface area contributed by atoms with E-state index >= 15 is 0 Å². The van der Waals surface area contributed by atoms with Crippen molar-refractivity contribution < 1.29 is 23.4 Å². The minimum atomic E-state index is -0.400. The number of nitrogens with one attached hydrogen (secondary N) is 2. The highest BCUT2D eigenvalue weighted by atomic mass is 32.1. The quantitative estimate of drug-likeness (QED) is 0.306. The summed E-state index contributed by atoms with van der Waals surface area (Å²) in [5.41, 5.74) is 4.34. The first-order valence-electron chi connectivity index (χ1n) is 11.3. The molecular weight excluding hydrogens is 478 g/mol. The highest BCUT2D eigenvalue weighted by molar-refractivity contribution is 7.80. The number of amides is 1. The predicted octanol–water partition coefficient (Wildman–Crippen LogP) is 5.77. The summed E-state index contributed by atoms with van der Waals surface area (Å²) in [6.45, 7) is 4.27. The van der Waals surface area contributed by atoms with E-state index in [0.29, 0.717) is 45.9 Å². The molecule has 0 aliphatic rings. The topological polar surface area (TPSA) is 94.9 Å². The van der Waals surface area contributed by atoms with E-state index in [4.69, 9.17) is 30.8 Å². The van der Waals surface area contributed by atoms with Crippen LogP contribution in [0.2, 0.25) is 0 Å². The second-order valence-electron chi connectivity index (χ2n) is 8.29. The molecule has 0 bridgehead atoms. The van der Waals surface area contributed by atoms with Crippen LogP contribution >= 0.6 is 12.2 Å². The summed E-state index contributed by atoms with van der Waals surface area (Å²) in [5.74, 6) is 1.97. The molecule has 9 heteroatoms. The number of ether oxygens (including phenoxy) is 3. The van der Waals surface area contributed by atoms with Gasteiger partial charge in [0.2, 0.25) is 5.89 Å². The van der Waals surface area contributed by atoms with E-state index in [9.17, 15) is 4.79 Å². The van der Waals surface area contributed by atoms with Crippen LogP contribution in [-0.2, 0) is 0 Å². The van der Waals surface area contributed by atoms with Crippen molar-refractivity contribution in [2.45, 2.75) is 19.8 Å². The number of hydrogen-bond acceptors (Lipinski definition) is 7. The van der Waals surface area contributed by atoms with Gasteiger partial charge in [-0.15, -0.1) is 0 Å².